The zero-order valence-corrected chi connectivity index (χ0v) is 12.3. The summed E-state index contributed by atoms with van der Waals surface area (Å²) in [6, 6.07) is 10.2. The van der Waals surface area contributed by atoms with Gasteiger partial charge in [0.25, 0.3) is 0 Å². The number of amides is 2. The highest BCUT2D eigenvalue weighted by atomic mass is 16.2. The minimum Gasteiger partial charge on any atom is -0.354 e. The largest absolute Gasteiger partial charge is 0.354 e. The Morgan fingerprint density at radius 1 is 1.30 bits per heavy atom. The lowest BCUT2D eigenvalue weighted by atomic mass is 10.0. The number of rotatable bonds is 4. The van der Waals surface area contributed by atoms with E-state index in [9.17, 15) is 9.59 Å². The van der Waals surface area contributed by atoms with E-state index >= 15 is 0 Å². The Morgan fingerprint density at radius 2 is 1.95 bits per heavy atom. The summed E-state index contributed by atoms with van der Waals surface area (Å²) in [6.07, 6.45) is 0.513. The molecule has 0 spiro atoms. The van der Waals surface area contributed by atoms with Gasteiger partial charge in [0.15, 0.2) is 0 Å². The molecule has 20 heavy (non-hydrogen) atoms. The van der Waals surface area contributed by atoms with Crippen LogP contribution in [0.5, 0.6) is 0 Å². The van der Waals surface area contributed by atoms with Crippen LogP contribution >= 0.6 is 0 Å². The van der Waals surface area contributed by atoms with Crippen molar-refractivity contribution in [2.75, 3.05) is 6.54 Å². The van der Waals surface area contributed by atoms with Gasteiger partial charge in [0, 0.05) is 31.8 Å². The standard InChI is InChI=1S/C16H22N2O2/c1-11(17-13(3)19)15-9-16(20)18(10-15)12(2)14-7-5-4-6-8-14/h4-8,11-12,15H,9-10H2,1-3H3,(H,17,19)/t11-,12+,15+/m0/s1. The molecular formula is C16H22N2O2. The summed E-state index contributed by atoms with van der Waals surface area (Å²) in [5, 5.41) is 2.89. The lowest BCUT2D eigenvalue weighted by Gasteiger charge is -2.26. The van der Waals surface area contributed by atoms with Gasteiger partial charge in [0.2, 0.25) is 11.8 Å². The van der Waals surface area contributed by atoms with Crippen LogP contribution in [0, 0.1) is 5.92 Å². The van der Waals surface area contributed by atoms with E-state index in [1.54, 1.807) is 0 Å². The summed E-state index contributed by atoms with van der Waals surface area (Å²) in [4.78, 5) is 25.2. The Balaban J connectivity index is 2.04. The monoisotopic (exact) mass is 274 g/mol. The summed E-state index contributed by atoms with van der Waals surface area (Å²) < 4.78 is 0. The second kappa shape index (κ2) is 6.07. The first-order valence-corrected chi connectivity index (χ1v) is 7.10. The number of benzene rings is 1. The van der Waals surface area contributed by atoms with E-state index in [4.69, 9.17) is 0 Å². The molecule has 4 nitrogen and oxygen atoms in total. The lowest BCUT2D eigenvalue weighted by Crippen LogP contribution is -2.38. The number of likely N-dealkylation sites (tertiary alicyclic amines) is 1. The molecule has 1 N–H and O–H groups in total. The van der Waals surface area contributed by atoms with Crippen LogP contribution in [0.15, 0.2) is 30.3 Å². The van der Waals surface area contributed by atoms with Crippen LogP contribution < -0.4 is 5.32 Å². The molecule has 1 saturated heterocycles. The minimum absolute atomic E-state index is 0.0319. The van der Waals surface area contributed by atoms with Gasteiger partial charge in [0.05, 0.1) is 6.04 Å². The van der Waals surface area contributed by atoms with Gasteiger partial charge in [-0.15, -0.1) is 0 Å². The number of carbonyl (C=O) groups is 2. The first-order valence-electron chi connectivity index (χ1n) is 7.10. The number of hydrogen-bond acceptors (Lipinski definition) is 2. The maximum Gasteiger partial charge on any atom is 0.223 e. The summed E-state index contributed by atoms with van der Waals surface area (Å²) in [5.41, 5.74) is 1.15. The van der Waals surface area contributed by atoms with Crippen LogP contribution in [0.4, 0.5) is 0 Å². The van der Waals surface area contributed by atoms with Gasteiger partial charge < -0.3 is 10.2 Å². The highest BCUT2D eigenvalue weighted by Crippen LogP contribution is 2.29. The SMILES string of the molecule is CC(=O)N[C@@H](C)[C@@H]1CC(=O)N([C@H](C)c2ccccc2)C1. The third kappa shape index (κ3) is 3.18. The molecular weight excluding hydrogens is 252 g/mol. The maximum atomic E-state index is 12.2. The summed E-state index contributed by atoms with van der Waals surface area (Å²) in [7, 11) is 0. The highest BCUT2D eigenvalue weighted by Gasteiger charge is 2.35. The molecule has 0 aromatic heterocycles. The van der Waals surface area contributed by atoms with E-state index < -0.39 is 0 Å². The van der Waals surface area contributed by atoms with E-state index in [1.807, 2.05) is 42.2 Å². The Labute approximate surface area is 120 Å². The van der Waals surface area contributed by atoms with Gasteiger partial charge in [-0.2, -0.15) is 0 Å². The molecule has 0 radical (unpaired) electrons. The van der Waals surface area contributed by atoms with Crippen LogP contribution in [0.25, 0.3) is 0 Å². The van der Waals surface area contributed by atoms with Crippen LogP contribution in [0.3, 0.4) is 0 Å². The second-order valence-electron chi connectivity index (χ2n) is 5.59. The molecule has 1 heterocycles. The third-order valence-corrected chi connectivity index (χ3v) is 4.08. The molecule has 0 unspecified atom stereocenters. The normalized spacial score (nSPS) is 21.6. The summed E-state index contributed by atoms with van der Waals surface area (Å²) in [6.45, 7) is 6.24. The van der Waals surface area contributed by atoms with E-state index in [2.05, 4.69) is 12.2 Å². The first kappa shape index (κ1) is 14.6. The van der Waals surface area contributed by atoms with E-state index in [-0.39, 0.29) is 29.8 Å². The second-order valence-corrected chi connectivity index (χ2v) is 5.59. The molecule has 2 amide bonds. The minimum atomic E-state index is -0.0421. The zero-order chi connectivity index (χ0) is 14.7. The molecule has 1 aromatic rings. The fourth-order valence-electron chi connectivity index (χ4n) is 2.82. The zero-order valence-electron chi connectivity index (χ0n) is 12.3. The van der Waals surface area contributed by atoms with Crippen LogP contribution in [-0.2, 0) is 9.59 Å². The lowest BCUT2D eigenvalue weighted by molar-refractivity contribution is -0.129. The van der Waals surface area contributed by atoms with Crippen molar-refractivity contribution >= 4 is 11.8 Å². The van der Waals surface area contributed by atoms with E-state index in [0.29, 0.717) is 13.0 Å². The smallest absolute Gasteiger partial charge is 0.223 e. The highest BCUT2D eigenvalue weighted by molar-refractivity contribution is 5.79. The number of nitrogens with zero attached hydrogens (tertiary/aromatic N) is 1. The quantitative estimate of drug-likeness (QED) is 0.914. The first-order chi connectivity index (χ1) is 9.49. The molecule has 108 valence electrons. The molecule has 1 aliphatic heterocycles. The molecule has 3 atom stereocenters. The van der Waals surface area contributed by atoms with Crippen LogP contribution in [0.1, 0.15) is 38.8 Å². The predicted molar refractivity (Wildman–Crippen MR) is 78.0 cm³/mol. The van der Waals surface area contributed by atoms with Crippen molar-refractivity contribution in [2.24, 2.45) is 5.92 Å². The van der Waals surface area contributed by atoms with Gasteiger partial charge in [0.1, 0.15) is 0 Å². The number of nitrogens with one attached hydrogen (secondary N) is 1. The number of hydrogen-bond donors (Lipinski definition) is 1. The average Bonchev–Trinajstić information content (AvgIpc) is 2.80. The number of carbonyl (C=O) groups excluding carboxylic acids is 2. The van der Waals surface area contributed by atoms with Gasteiger partial charge in [-0.25, -0.2) is 0 Å². The van der Waals surface area contributed by atoms with E-state index in [0.717, 1.165) is 5.56 Å². The van der Waals surface area contributed by atoms with Crippen molar-refractivity contribution in [3.05, 3.63) is 35.9 Å². The van der Waals surface area contributed by atoms with Crippen molar-refractivity contribution < 1.29 is 9.59 Å². The van der Waals surface area contributed by atoms with Crippen LogP contribution in [0.2, 0.25) is 0 Å². The van der Waals surface area contributed by atoms with E-state index in [1.165, 1.54) is 6.92 Å². The molecule has 0 bridgehead atoms. The van der Waals surface area contributed by atoms with Crippen molar-refractivity contribution in [3.8, 4) is 0 Å². The molecule has 1 aromatic carbocycles. The fourth-order valence-corrected chi connectivity index (χ4v) is 2.82. The summed E-state index contributed by atoms with van der Waals surface area (Å²) >= 11 is 0. The van der Waals surface area contributed by atoms with Crippen molar-refractivity contribution in [1.29, 1.82) is 0 Å². The molecule has 0 aliphatic carbocycles. The Kier molecular flexibility index (Phi) is 4.42. The van der Waals surface area contributed by atoms with Crippen molar-refractivity contribution in [1.82, 2.24) is 10.2 Å². The predicted octanol–water partition coefficient (Wildman–Crippen LogP) is 2.12. The molecule has 1 aliphatic rings. The van der Waals surface area contributed by atoms with Crippen molar-refractivity contribution in [2.45, 2.75) is 39.3 Å². The Hall–Kier alpha value is -1.84. The fraction of sp³-hybridized carbons (Fsp3) is 0.500. The third-order valence-electron chi connectivity index (χ3n) is 4.08. The molecule has 0 saturated carbocycles. The van der Waals surface area contributed by atoms with Crippen molar-refractivity contribution in [3.63, 3.8) is 0 Å². The van der Waals surface area contributed by atoms with Gasteiger partial charge >= 0.3 is 0 Å². The Bertz CT molecular complexity index is 487. The average molecular weight is 274 g/mol. The maximum absolute atomic E-state index is 12.2. The topological polar surface area (TPSA) is 49.4 Å². The van der Waals surface area contributed by atoms with Gasteiger partial charge in [-0.1, -0.05) is 30.3 Å². The molecule has 2 rings (SSSR count). The molecule has 1 fully saturated rings. The molecule has 4 heteroatoms. The van der Waals surface area contributed by atoms with Gasteiger partial charge in [-0.05, 0) is 19.4 Å². The Morgan fingerprint density at radius 3 is 2.55 bits per heavy atom. The summed E-state index contributed by atoms with van der Waals surface area (Å²) in [5.74, 6) is 0.320. The van der Waals surface area contributed by atoms with Gasteiger partial charge in [-0.3, -0.25) is 9.59 Å². The van der Waals surface area contributed by atoms with Crippen LogP contribution in [-0.4, -0.2) is 29.3 Å².